The molecule has 1 aliphatic heterocycles. The second kappa shape index (κ2) is 6.53. The summed E-state index contributed by atoms with van der Waals surface area (Å²) in [7, 11) is 0. The summed E-state index contributed by atoms with van der Waals surface area (Å²) in [5.41, 5.74) is 1.17. The van der Waals surface area contributed by atoms with Crippen LogP contribution in [0.2, 0.25) is 0 Å². The summed E-state index contributed by atoms with van der Waals surface area (Å²) in [4.78, 5) is 13.9. The zero-order valence-electron chi connectivity index (χ0n) is 12.2. The van der Waals surface area contributed by atoms with Crippen molar-refractivity contribution in [3.63, 3.8) is 0 Å². The van der Waals surface area contributed by atoms with Crippen LogP contribution < -0.4 is 0 Å². The molecule has 0 amide bonds. The van der Waals surface area contributed by atoms with Crippen LogP contribution in [-0.2, 0) is 4.79 Å². The molecule has 3 rings (SSSR count). The molecule has 1 aliphatic carbocycles. The van der Waals surface area contributed by atoms with Gasteiger partial charge in [0.15, 0.2) is 0 Å². The lowest BCUT2D eigenvalue weighted by Crippen LogP contribution is -2.24. The van der Waals surface area contributed by atoms with E-state index >= 15 is 0 Å². The van der Waals surface area contributed by atoms with E-state index in [-0.39, 0.29) is 5.92 Å². The van der Waals surface area contributed by atoms with E-state index in [1.54, 1.807) is 0 Å². The maximum atomic E-state index is 11.3. The average molecular weight is 271 g/mol. The van der Waals surface area contributed by atoms with Gasteiger partial charge >= 0.3 is 0 Å². The van der Waals surface area contributed by atoms with E-state index in [0.717, 1.165) is 31.1 Å². The van der Waals surface area contributed by atoms with Gasteiger partial charge in [0, 0.05) is 19.0 Å². The van der Waals surface area contributed by atoms with Crippen LogP contribution in [0, 0.1) is 11.8 Å². The first kappa shape index (κ1) is 13.8. The molecule has 2 nitrogen and oxygen atoms in total. The van der Waals surface area contributed by atoms with Crippen molar-refractivity contribution in [1.29, 1.82) is 0 Å². The fraction of sp³-hybridized carbons (Fsp3) is 0.611. The van der Waals surface area contributed by atoms with Gasteiger partial charge in [0.05, 0.1) is 0 Å². The number of nitrogens with zero attached hydrogens (tertiary/aromatic N) is 1. The van der Waals surface area contributed by atoms with Crippen LogP contribution in [0.5, 0.6) is 0 Å². The quantitative estimate of drug-likeness (QED) is 0.764. The molecule has 3 unspecified atom stereocenters. The molecule has 1 aromatic carbocycles. The van der Waals surface area contributed by atoms with Gasteiger partial charge in [0.2, 0.25) is 0 Å². The Balaban J connectivity index is 1.52. The molecule has 2 heteroatoms. The highest BCUT2D eigenvalue weighted by Gasteiger charge is 2.34. The number of carbonyl (C=O) groups excluding carboxylic acids is 1. The number of benzene rings is 1. The van der Waals surface area contributed by atoms with Crippen molar-refractivity contribution in [3.05, 3.63) is 35.9 Å². The molecular weight excluding hydrogens is 246 g/mol. The minimum Gasteiger partial charge on any atom is -0.303 e. The summed E-state index contributed by atoms with van der Waals surface area (Å²) >= 11 is 0. The summed E-state index contributed by atoms with van der Waals surface area (Å²) < 4.78 is 0. The lowest BCUT2D eigenvalue weighted by Gasteiger charge is -2.23. The Labute approximate surface area is 122 Å². The molecule has 1 heterocycles. The highest BCUT2D eigenvalue weighted by Crippen LogP contribution is 2.36. The van der Waals surface area contributed by atoms with Gasteiger partial charge in [0.25, 0.3) is 0 Å². The molecule has 1 aromatic rings. The largest absolute Gasteiger partial charge is 0.303 e. The predicted molar refractivity (Wildman–Crippen MR) is 81.8 cm³/mol. The minimum atomic E-state index is 0.0684. The first-order chi connectivity index (χ1) is 9.86. The Kier molecular flexibility index (Phi) is 4.51. The number of fused-ring (bicyclic) bond motifs is 1. The van der Waals surface area contributed by atoms with Crippen LogP contribution in [0.4, 0.5) is 0 Å². The number of carbonyl (C=O) groups is 1. The number of rotatable bonds is 5. The fourth-order valence-corrected chi connectivity index (χ4v) is 4.02. The third kappa shape index (κ3) is 3.12. The summed E-state index contributed by atoms with van der Waals surface area (Å²) in [6.07, 6.45) is 7.80. The number of hydrogen-bond donors (Lipinski definition) is 0. The van der Waals surface area contributed by atoms with Crippen molar-refractivity contribution in [2.75, 3.05) is 19.6 Å². The highest BCUT2D eigenvalue weighted by atomic mass is 16.1. The van der Waals surface area contributed by atoms with E-state index in [0.29, 0.717) is 0 Å². The normalized spacial score (nSPS) is 28.0. The summed E-state index contributed by atoms with van der Waals surface area (Å²) in [5.74, 6) is 1.95. The predicted octanol–water partition coefficient (Wildman–Crippen LogP) is 3.48. The SMILES string of the molecule is O=CC(CCN1CC2CCCCC2C1)c1ccccc1. The zero-order valence-corrected chi connectivity index (χ0v) is 12.2. The molecule has 0 radical (unpaired) electrons. The van der Waals surface area contributed by atoms with Crippen LogP contribution in [0.15, 0.2) is 30.3 Å². The van der Waals surface area contributed by atoms with Crippen LogP contribution in [0.25, 0.3) is 0 Å². The Morgan fingerprint density at radius 1 is 1.10 bits per heavy atom. The van der Waals surface area contributed by atoms with Gasteiger partial charge in [-0.1, -0.05) is 43.2 Å². The number of aldehydes is 1. The van der Waals surface area contributed by atoms with E-state index in [9.17, 15) is 4.79 Å². The van der Waals surface area contributed by atoms with Gasteiger partial charge in [-0.15, -0.1) is 0 Å². The van der Waals surface area contributed by atoms with Gasteiger partial charge in [-0.2, -0.15) is 0 Å². The third-order valence-electron chi connectivity index (χ3n) is 5.20. The number of hydrogen-bond acceptors (Lipinski definition) is 2. The molecule has 0 spiro atoms. The van der Waals surface area contributed by atoms with Gasteiger partial charge < -0.3 is 9.69 Å². The molecule has 2 fully saturated rings. The lowest BCUT2D eigenvalue weighted by atomic mass is 9.82. The Morgan fingerprint density at radius 2 is 1.75 bits per heavy atom. The maximum Gasteiger partial charge on any atom is 0.127 e. The lowest BCUT2D eigenvalue weighted by molar-refractivity contribution is -0.109. The molecular formula is C18H25NO. The van der Waals surface area contributed by atoms with Crippen molar-refractivity contribution in [1.82, 2.24) is 4.90 Å². The Morgan fingerprint density at radius 3 is 2.35 bits per heavy atom. The summed E-state index contributed by atoms with van der Waals surface area (Å²) in [6.45, 7) is 3.61. The average Bonchev–Trinajstić information content (AvgIpc) is 2.92. The van der Waals surface area contributed by atoms with Crippen molar-refractivity contribution in [2.45, 2.75) is 38.0 Å². The van der Waals surface area contributed by atoms with E-state index in [4.69, 9.17) is 0 Å². The van der Waals surface area contributed by atoms with E-state index in [1.807, 2.05) is 18.2 Å². The zero-order chi connectivity index (χ0) is 13.8. The molecule has 20 heavy (non-hydrogen) atoms. The van der Waals surface area contributed by atoms with Crippen LogP contribution in [-0.4, -0.2) is 30.8 Å². The van der Waals surface area contributed by atoms with Crippen molar-refractivity contribution in [2.24, 2.45) is 11.8 Å². The van der Waals surface area contributed by atoms with Crippen molar-refractivity contribution < 1.29 is 4.79 Å². The molecule has 3 atom stereocenters. The first-order valence-corrected chi connectivity index (χ1v) is 8.09. The molecule has 108 valence electrons. The van der Waals surface area contributed by atoms with Gasteiger partial charge in [-0.05, 0) is 43.2 Å². The molecule has 2 aliphatic rings. The van der Waals surface area contributed by atoms with Crippen molar-refractivity contribution >= 4 is 6.29 Å². The van der Waals surface area contributed by atoms with Crippen LogP contribution in [0.1, 0.15) is 43.6 Å². The monoisotopic (exact) mass is 271 g/mol. The van der Waals surface area contributed by atoms with E-state index in [1.165, 1.54) is 44.3 Å². The van der Waals surface area contributed by atoms with Gasteiger partial charge in [0.1, 0.15) is 6.29 Å². The second-order valence-corrected chi connectivity index (χ2v) is 6.51. The summed E-state index contributed by atoms with van der Waals surface area (Å²) in [5, 5.41) is 0. The van der Waals surface area contributed by atoms with E-state index < -0.39 is 0 Å². The highest BCUT2D eigenvalue weighted by molar-refractivity contribution is 5.61. The fourth-order valence-electron chi connectivity index (χ4n) is 4.02. The topological polar surface area (TPSA) is 20.3 Å². The van der Waals surface area contributed by atoms with Crippen LogP contribution in [0.3, 0.4) is 0 Å². The first-order valence-electron chi connectivity index (χ1n) is 8.09. The molecule has 1 saturated heterocycles. The summed E-state index contributed by atoms with van der Waals surface area (Å²) in [6, 6.07) is 10.2. The second-order valence-electron chi connectivity index (χ2n) is 6.51. The van der Waals surface area contributed by atoms with Crippen LogP contribution >= 0.6 is 0 Å². The van der Waals surface area contributed by atoms with Gasteiger partial charge in [-0.3, -0.25) is 0 Å². The smallest absolute Gasteiger partial charge is 0.127 e. The minimum absolute atomic E-state index is 0.0684. The maximum absolute atomic E-state index is 11.3. The molecule has 0 aromatic heterocycles. The Bertz CT molecular complexity index is 416. The van der Waals surface area contributed by atoms with E-state index in [2.05, 4.69) is 17.0 Å². The standard InChI is InChI=1S/C18H25NO/c20-14-18(15-6-2-1-3-7-15)10-11-19-12-16-8-4-5-9-17(16)13-19/h1-3,6-7,14,16-18H,4-5,8-13H2. The number of likely N-dealkylation sites (tertiary alicyclic amines) is 1. The molecule has 0 bridgehead atoms. The molecule has 1 saturated carbocycles. The van der Waals surface area contributed by atoms with Crippen molar-refractivity contribution in [3.8, 4) is 0 Å². The van der Waals surface area contributed by atoms with Gasteiger partial charge in [-0.25, -0.2) is 0 Å². The third-order valence-corrected chi connectivity index (χ3v) is 5.20. The molecule has 0 N–H and O–H groups in total. The Hall–Kier alpha value is -1.15.